The monoisotopic (exact) mass is 371 g/mol. The van der Waals surface area contributed by atoms with Gasteiger partial charge in [-0.3, -0.25) is 9.59 Å². The minimum Gasteiger partial charge on any atom is -0.490 e. The minimum absolute atomic E-state index is 0.113. The summed E-state index contributed by atoms with van der Waals surface area (Å²) in [6.07, 6.45) is 1.25. The summed E-state index contributed by atoms with van der Waals surface area (Å²) in [6.45, 7) is 4.63. The molecule has 0 aliphatic carbocycles. The third-order valence-electron chi connectivity index (χ3n) is 4.93. The van der Waals surface area contributed by atoms with Gasteiger partial charge in [-0.1, -0.05) is 30.3 Å². The van der Waals surface area contributed by atoms with Gasteiger partial charge in [0.2, 0.25) is 5.91 Å². The van der Waals surface area contributed by atoms with E-state index in [0.29, 0.717) is 42.9 Å². The minimum atomic E-state index is -0.397. The topological polar surface area (TPSA) is 98.7 Å². The Balaban J connectivity index is 1.76. The van der Waals surface area contributed by atoms with E-state index in [4.69, 9.17) is 15.0 Å². The van der Waals surface area contributed by atoms with Gasteiger partial charge in [0.15, 0.2) is 0 Å². The Bertz CT molecular complexity index is 803. The Morgan fingerprint density at radius 3 is 2.74 bits per heavy atom. The lowest BCUT2D eigenvalue weighted by Crippen LogP contribution is -2.49. The molecule has 1 aromatic carbocycles. The molecule has 0 unspecified atom stereocenters. The number of para-hydroxylation sites is 1. The molecule has 0 bridgehead atoms. The number of benzene rings is 1. The molecule has 2 N–H and O–H groups in total. The number of nitrogens with zero attached hydrogens (tertiary/aromatic N) is 2. The first-order valence-corrected chi connectivity index (χ1v) is 9.24. The zero-order valence-electron chi connectivity index (χ0n) is 15.7. The molecule has 1 aliphatic heterocycles. The lowest BCUT2D eigenvalue weighted by atomic mass is 9.90. The summed E-state index contributed by atoms with van der Waals surface area (Å²) in [5.41, 5.74) is 6.63. The number of rotatable bonds is 6. The van der Waals surface area contributed by atoms with Gasteiger partial charge in [-0.15, -0.1) is 0 Å². The molecule has 2 amide bonds. The molecule has 0 saturated carbocycles. The number of amides is 2. The second-order valence-corrected chi connectivity index (χ2v) is 6.85. The SMILES string of the molecule is CCc1noc(C)c1C(=O)N1CC[C@H](Oc2ccccc2)[C@@H](CC(N)=O)C1. The van der Waals surface area contributed by atoms with Crippen LogP contribution in [0.25, 0.3) is 0 Å². The van der Waals surface area contributed by atoms with E-state index in [1.807, 2.05) is 37.3 Å². The highest BCUT2D eigenvalue weighted by atomic mass is 16.5. The van der Waals surface area contributed by atoms with Gasteiger partial charge in [0.25, 0.3) is 5.91 Å². The lowest BCUT2D eigenvalue weighted by molar-refractivity contribution is -0.120. The Hall–Kier alpha value is -2.83. The number of carbonyl (C=O) groups is 2. The fourth-order valence-corrected chi connectivity index (χ4v) is 3.57. The number of hydrogen-bond acceptors (Lipinski definition) is 5. The van der Waals surface area contributed by atoms with E-state index < -0.39 is 5.91 Å². The van der Waals surface area contributed by atoms with Crippen molar-refractivity contribution in [3.05, 3.63) is 47.3 Å². The number of aryl methyl sites for hydroxylation is 2. The van der Waals surface area contributed by atoms with Crippen LogP contribution < -0.4 is 10.5 Å². The first-order valence-electron chi connectivity index (χ1n) is 9.24. The molecular weight excluding hydrogens is 346 g/mol. The molecule has 1 fully saturated rings. The Morgan fingerprint density at radius 2 is 2.07 bits per heavy atom. The number of primary amides is 1. The predicted octanol–water partition coefficient (Wildman–Crippen LogP) is 2.33. The van der Waals surface area contributed by atoms with Crippen LogP contribution in [0.1, 0.15) is 41.6 Å². The molecule has 7 heteroatoms. The first kappa shape index (κ1) is 18.9. The summed E-state index contributed by atoms with van der Waals surface area (Å²) < 4.78 is 11.3. The molecular formula is C20H25N3O4. The summed E-state index contributed by atoms with van der Waals surface area (Å²) in [7, 11) is 0. The molecule has 27 heavy (non-hydrogen) atoms. The van der Waals surface area contributed by atoms with Crippen molar-refractivity contribution >= 4 is 11.8 Å². The van der Waals surface area contributed by atoms with E-state index in [1.165, 1.54) is 0 Å². The van der Waals surface area contributed by atoms with Crippen molar-refractivity contribution in [1.82, 2.24) is 10.1 Å². The highest BCUT2D eigenvalue weighted by Gasteiger charge is 2.35. The molecule has 2 atom stereocenters. The molecule has 2 aromatic rings. The molecule has 3 rings (SSSR count). The van der Waals surface area contributed by atoms with Crippen molar-refractivity contribution in [2.75, 3.05) is 13.1 Å². The van der Waals surface area contributed by atoms with E-state index in [9.17, 15) is 9.59 Å². The van der Waals surface area contributed by atoms with E-state index in [-0.39, 0.29) is 24.3 Å². The quantitative estimate of drug-likeness (QED) is 0.840. The van der Waals surface area contributed by atoms with Crippen molar-refractivity contribution in [3.63, 3.8) is 0 Å². The maximum atomic E-state index is 13.0. The third kappa shape index (κ3) is 4.30. The van der Waals surface area contributed by atoms with Gasteiger partial charge in [0, 0.05) is 31.8 Å². The number of likely N-dealkylation sites (tertiary alicyclic amines) is 1. The molecule has 1 saturated heterocycles. The van der Waals surface area contributed by atoms with Crippen LogP contribution in [0.4, 0.5) is 0 Å². The normalized spacial score (nSPS) is 19.7. The van der Waals surface area contributed by atoms with Crippen molar-refractivity contribution in [1.29, 1.82) is 0 Å². The van der Waals surface area contributed by atoms with Crippen LogP contribution in [0.5, 0.6) is 5.75 Å². The molecule has 2 heterocycles. The van der Waals surface area contributed by atoms with Gasteiger partial charge in [-0.2, -0.15) is 0 Å². The molecule has 1 aliphatic rings. The number of nitrogens with two attached hydrogens (primary N) is 1. The zero-order valence-corrected chi connectivity index (χ0v) is 15.7. The third-order valence-corrected chi connectivity index (χ3v) is 4.93. The van der Waals surface area contributed by atoms with E-state index in [1.54, 1.807) is 11.8 Å². The second-order valence-electron chi connectivity index (χ2n) is 6.85. The highest BCUT2D eigenvalue weighted by Crippen LogP contribution is 2.27. The van der Waals surface area contributed by atoms with Gasteiger partial charge in [-0.05, 0) is 25.5 Å². The van der Waals surface area contributed by atoms with Gasteiger partial charge in [0.1, 0.15) is 23.2 Å². The smallest absolute Gasteiger partial charge is 0.259 e. The zero-order chi connectivity index (χ0) is 19.4. The van der Waals surface area contributed by atoms with Crippen LogP contribution in [-0.2, 0) is 11.2 Å². The average molecular weight is 371 g/mol. The summed E-state index contributed by atoms with van der Waals surface area (Å²) in [5.74, 6) is 0.598. The molecule has 0 radical (unpaired) electrons. The number of piperidine rings is 1. The number of aromatic nitrogens is 1. The van der Waals surface area contributed by atoms with Gasteiger partial charge < -0.3 is 19.9 Å². The highest BCUT2D eigenvalue weighted by molar-refractivity contribution is 5.96. The van der Waals surface area contributed by atoms with E-state index >= 15 is 0 Å². The standard InChI is InChI=1S/C20H25N3O4/c1-3-16-19(13(2)27-22-16)20(25)23-10-9-17(14(12-23)11-18(21)24)26-15-7-5-4-6-8-15/h4-8,14,17H,3,9-12H2,1-2H3,(H2,21,24)/t14-,17-/m0/s1. The van der Waals surface area contributed by atoms with Crippen molar-refractivity contribution in [3.8, 4) is 5.75 Å². The summed E-state index contributed by atoms with van der Waals surface area (Å²) in [4.78, 5) is 26.3. The Morgan fingerprint density at radius 1 is 1.33 bits per heavy atom. The Labute approximate surface area is 158 Å². The number of carbonyl (C=O) groups excluding carboxylic acids is 2. The molecule has 7 nitrogen and oxygen atoms in total. The maximum absolute atomic E-state index is 13.0. The van der Waals surface area contributed by atoms with Crippen molar-refractivity contribution < 1.29 is 18.8 Å². The van der Waals surface area contributed by atoms with E-state index in [0.717, 1.165) is 5.75 Å². The molecule has 1 aromatic heterocycles. The van der Waals surface area contributed by atoms with Crippen LogP contribution in [0.3, 0.4) is 0 Å². The number of hydrogen-bond donors (Lipinski definition) is 1. The van der Waals surface area contributed by atoms with Crippen LogP contribution in [0.15, 0.2) is 34.9 Å². The van der Waals surface area contributed by atoms with Gasteiger partial charge in [0.05, 0.1) is 5.69 Å². The van der Waals surface area contributed by atoms with Crippen molar-refractivity contribution in [2.45, 2.75) is 39.2 Å². The predicted molar refractivity (Wildman–Crippen MR) is 99.3 cm³/mol. The lowest BCUT2D eigenvalue weighted by Gasteiger charge is -2.38. The van der Waals surface area contributed by atoms with Crippen LogP contribution in [0.2, 0.25) is 0 Å². The fourth-order valence-electron chi connectivity index (χ4n) is 3.57. The molecule has 0 spiro atoms. The first-order chi connectivity index (χ1) is 13.0. The van der Waals surface area contributed by atoms with Crippen LogP contribution in [0, 0.1) is 12.8 Å². The summed E-state index contributed by atoms with van der Waals surface area (Å²) in [6, 6.07) is 9.48. The van der Waals surface area contributed by atoms with Gasteiger partial charge in [-0.25, -0.2) is 0 Å². The largest absolute Gasteiger partial charge is 0.490 e. The maximum Gasteiger partial charge on any atom is 0.259 e. The Kier molecular flexibility index (Phi) is 5.78. The number of ether oxygens (including phenoxy) is 1. The second kappa shape index (κ2) is 8.24. The van der Waals surface area contributed by atoms with Gasteiger partial charge >= 0.3 is 0 Å². The summed E-state index contributed by atoms with van der Waals surface area (Å²) >= 11 is 0. The van der Waals surface area contributed by atoms with Crippen LogP contribution >= 0.6 is 0 Å². The average Bonchev–Trinajstić information content (AvgIpc) is 3.03. The van der Waals surface area contributed by atoms with Crippen LogP contribution in [-0.4, -0.2) is 41.1 Å². The fraction of sp³-hybridized carbons (Fsp3) is 0.450. The van der Waals surface area contributed by atoms with Crippen molar-refractivity contribution in [2.24, 2.45) is 11.7 Å². The molecule has 144 valence electrons. The van der Waals surface area contributed by atoms with E-state index in [2.05, 4.69) is 5.16 Å². The summed E-state index contributed by atoms with van der Waals surface area (Å²) in [5, 5.41) is 3.97.